The summed E-state index contributed by atoms with van der Waals surface area (Å²) in [6.07, 6.45) is 1.79. The number of carboxylic acid groups (broad SMARTS) is 1. The second-order valence-electron chi connectivity index (χ2n) is 9.23. The summed E-state index contributed by atoms with van der Waals surface area (Å²) >= 11 is 1.85. The Hall–Kier alpha value is -4.57. The summed E-state index contributed by atoms with van der Waals surface area (Å²) in [6.45, 7) is 0.769. The molecular weight excluding hydrogens is 665 g/mol. The lowest BCUT2D eigenvalue weighted by molar-refractivity contribution is 0.102. The molecule has 2 aromatic heterocycles. The first-order chi connectivity index (χ1) is 20.1. The van der Waals surface area contributed by atoms with E-state index in [1.165, 1.54) is 64.3 Å². The summed E-state index contributed by atoms with van der Waals surface area (Å²) in [5, 5.41) is 15.1. The summed E-state index contributed by atoms with van der Waals surface area (Å²) in [5.74, 6) is -1.94. The lowest BCUT2D eigenvalue weighted by atomic mass is 10.0. The molecule has 216 valence electrons. The third-order valence-corrected chi connectivity index (χ3v) is 7.46. The van der Waals surface area contributed by atoms with Crippen molar-refractivity contribution in [1.82, 2.24) is 19.8 Å². The molecule has 1 fully saturated rings. The van der Waals surface area contributed by atoms with E-state index in [9.17, 15) is 23.9 Å². The number of nitrogens with two attached hydrogens (primary N) is 1. The van der Waals surface area contributed by atoms with Gasteiger partial charge in [-0.05, 0) is 71.1 Å². The number of rotatable bonds is 6. The van der Waals surface area contributed by atoms with Crippen LogP contribution in [0.5, 0.6) is 11.5 Å². The van der Waals surface area contributed by atoms with E-state index in [0.29, 0.717) is 27.9 Å². The molecule has 4 aromatic rings. The molecule has 2 amide bonds. The van der Waals surface area contributed by atoms with Gasteiger partial charge in [-0.3, -0.25) is 14.2 Å². The monoisotopic (exact) mass is 688 g/mol. The van der Waals surface area contributed by atoms with Crippen molar-refractivity contribution in [2.24, 2.45) is 0 Å². The fourth-order valence-electron chi connectivity index (χ4n) is 4.52. The Bertz CT molecular complexity index is 1730. The summed E-state index contributed by atoms with van der Waals surface area (Å²) < 4.78 is 35.9. The quantitative estimate of drug-likeness (QED) is 0.218. The molecule has 11 nitrogen and oxygen atoms in total. The van der Waals surface area contributed by atoms with Crippen LogP contribution >= 0.6 is 22.6 Å². The van der Waals surface area contributed by atoms with Crippen LogP contribution in [0.2, 0.25) is 0 Å². The van der Waals surface area contributed by atoms with Gasteiger partial charge in [0.2, 0.25) is 0 Å². The van der Waals surface area contributed by atoms with E-state index >= 15 is 4.39 Å². The number of nitrogens with one attached hydrogen (secondary N) is 2. The van der Waals surface area contributed by atoms with Crippen LogP contribution in [0.25, 0.3) is 5.69 Å². The van der Waals surface area contributed by atoms with E-state index < -0.39 is 35.2 Å². The lowest BCUT2D eigenvalue weighted by Crippen LogP contribution is -2.48. The van der Waals surface area contributed by atoms with Crippen molar-refractivity contribution >= 4 is 46.1 Å². The summed E-state index contributed by atoms with van der Waals surface area (Å²) in [5.41, 5.74) is 6.12. The number of hydrogen-bond donors (Lipinski definition) is 4. The molecule has 3 heterocycles. The molecule has 1 saturated heterocycles. The van der Waals surface area contributed by atoms with Gasteiger partial charge in [0.05, 0.1) is 11.6 Å². The summed E-state index contributed by atoms with van der Waals surface area (Å²) in [7, 11) is 0. The van der Waals surface area contributed by atoms with Gasteiger partial charge in [-0.2, -0.15) is 0 Å². The van der Waals surface area contributed by atoms with E-state index in [0.717, 1.165) is 6.07 Å². The Morgan fingerprint density at radius 3 is 2.60 bits per heavy atom. The fourth-order valence-corrected chi connectivity index (χ4v) is 5.16. The van der Waals surface area contributed by atoms with Gasteiger partial charge in [0, 0.05) is 53.0 Å². The molecule has 0 spiro atoms. The summed E-state index contributed by atoms with van der Waals surface area (Å²) in [4.78, 5) is 43.0. The molecule has 0 radical (unpaired) electrons. The van der Waals surface area contributed by atoms with Crippen LogP contribution in [0.1, 0.15) is 22.0 Å². The van der Waals surface area contributed by atoms with Crippen LogP contribution < -0.4 is 26.7 Å². The molecule has 2 aromatic carbocycles. The molecule has 1 aliphatic rings. The fraction of sp³-hybridized carbons (Fsp3) is 0.143. The first kappa shape index (κ1) is 28.9. The average molecular weight is 688 g/mol. The van der Waals surface area contributed by atoms with Crippen molar-refractivity contribution in [3.63, 3.8) is 0 Å². The molecule has 14 heteroatoms. The normalized spacial score (nSPS) is 14.8. The van der Waals surface area contributed by atoms with Gasteiger partial charge >= 0.3 is 6.09 Å². The number of hydrogen-bond acceptors (Lipinski definition) is 7. The predicted molar refractivity (Wildman–Crippen MR) is 158 cm³/mol. The molecule has 1 unspecified atom stereocenters. The molecule has 0 aliphatic carbocycles. The van der Waals surface area contributed by atoms with E-state index in [4.69, 9.17) is 10.5 Å². The second kappa shape index (κ2) is 12.1. The minimum absolute atomic E-state index is 0.0674. The van der Waals surface area contributed by atoms with Crippen molar-refractivity contribution < 1.29 is 28.2 Å². The predicted octanol–water partition coefficient (Wildman–Crippen LogP) is 4.37. The number of ether oxygens (including phenoxy) is 1. The Labute approximate surface area is 251 Å². The minimum atomic E-state index is -1.07. The Balaban J connectivity index is 1.37. The zero-order valence-electron chi connectivity index (χ0n) is 21.7. The van der Waals surface area contributed by atoms with Crippen LogP contribution in [-0.2, 0) is 0 Å². The minimum Gasteiger partial charge on any atom is -0.465 e. The number of carbonyl (C=O) groups is 2. The van der Waals surface area contributed by atoms with Crippen molar-refractivity contribution in [2.75, 3.05) is 30.7 Å². The third kappa shape index (κ3) is 6.03. The van der Waals surface area contributed by atoms with Gasteiger partial charge in [-0.1, -0.05) is 0 Å². The van der Waals surface area contributed by atoms with Crippen molar-refractivity contribution in [3.05, 3.63) is 104 Å². The number of benzene rings is 2. The smallest absolute Gasteiger partial charge is 0.407 e. The van der Waals surface area contributed by atoms with Crippen molar-refractivity contribution in [2.45, 2.75) is 6.04 Å². The highest BCUT2D eigenvalue weighted by Gasteiger charge is 2.29. The summed E-state index contributed by atoms with van der Waals surface area (Å²) in [6, 6.07) is 11.5. The van der Waals surface area contributed by atoms with Crippen LogP contribution in [0.4, 0.5) is 25.1 Å². The molecule has 42 heavy (non-hydrogen) atoms. The average Bonchev–Trinajstić information content (AvgIpc) is 2.95. The lowest BCUT2D eigenvalue weighted by Gasteiger charge is -2.33. The standard InChI is InChI=1S/C28H23F2IN6O5/c29-15-1-4-17(5-2-15)37-11-8-19(31)23(27(37)39)26(38)35-16-3-6-21(18(30)13-16)42-22-7-9-34-25(32)24(22)20-14-36(28(40)41)12-10-33-20/h1-9,11,13,20,33H,10,12,14H2,(H2,32,34)(H,35,38)(H,40,41). The maximum absolute atomic E-state index is 15.2. The van der Waals surface area contributed by atoms with E-state index in [1.54, 1.807) is 6.07 Å². The number of carbonyl (C=O) groups excluding carboxylic acids is 1. The number of piperazine rings is 1. The number of aromatic nitrogens is 2. The number of halogens is 3. The number of nitrogen functional groups attached to an aromatic ring is 1. The van der Waals surface area contributed by atoms with Crippen LogP contribution in [-0.4, -0.2) is 51.2 Å². The van der Waals surface area contributed by atoms with Crippen molar-refractivity contribution in [3.8, 4) is 17.2 Å². The van der Waals surface area contributed by atoms with E-state index in [1.807, 2.05) is 22.6 Å². The van der Waals surface area contributed by atoms with Gasteiger partial charge in [0.15, 0.2) is 11.6 Å². The molecule has 1 aliphatic heterocycles. The highest BCUT2D eigenvalue weighted by molar-refractivity contribution is 14.1. The zero-order chi connectivity index (χ0) is 30.0. The second-order valence-corrected chi connectivity index (χ2v) is 10.4. The largest absolute Gasteiger partial charge is 0.465 e. The number of anilines is 2. The molecule has 5 rings (SSSR count). The molecular formula is C28H23F2IN6O5. The van der Waals surface area contributed by atoms with E-state index in [2.05, 4.69) is 15.6 Å². The maximum atomic E-state index is 15.2. The number of nitrogens with zero attached hydrogens (tertiary/aromatic N) is 3. The number of amides is 2. The first-order valence-corrected chi connectivity index (χ1v) is 13.6. The molecule has 1 atom stereocenters. The van der Waals surface area contributed by atoms with Gasteiger partial charge in [0.25, 0.3) is 11.5 Å². The third-order valence-electron chi connectivity index (χ3n) is 6.56. The van der Waals surface area contributed by atoms with Crippen LogP contribution in [0.3, 0.4) is 0 Å². The van der Waals surface area contributed by atoms with Crippen LogP contribution in [0, 0.1) is 15.2 Å². The first-order valence-electron chi connectivity index (χ1n) is 12.5. The highest BCUT2D eigenvalue weighted by Crippen LogP contribution is 2.35. The Kier molecular flexibility index (Phi) is 8.35. The molecule has 0 bridgehead atoms. The van der Waals surface area contributed by atoms with Gasteiger partial charge in [0.1, 0.15) is 22.9 Å². The zero-order valence-corrected chi connectivity index (χ0v) is 23.8. The van der Waals surface area contributed by atoms with Gasteiger partial charge in [-0.15, -0.1) is 0 Å². The molecule has 5 N–H and O–H groups in total. The SMILES string of the molecule is Nc1nccc(Oc2ccc(NC(=O)c3c(I)ccn(-c4ccc(F)cc4)c3=O)cc2F)c1C1CN(C(=O)O)CCN1. The maximum Gasteiger partial charge on any atom is 0.407 e. The number of pyridine rings is 2. The van der Waals surface area contributed by atoms with Crippen molar-refractivity contribution in [1.29, 1.82) is 0 Å². The topological polar surface area (TPSA) is 152 Å². The van der Waals surface area contributed by atoms with Gasteiger partial charge < -0.3 is 31.1 Å². The Morgan fingerprint density at radius 2 is 1.88 bits per heavy atom. The van der Waals surface area contributed by atoms with Crippen LogP contribution in [0.15, 0.2) is 71.8 Å². The van der Waals surface area contributed by atoms with Gasteiger partial charge in [-0.25, -0.2) is 18.6 Å². The van der Waals surface area contributed by atoms with E-state index in [-0.39, 0.29) is 35.1 Å². The highest BCUT2D eigenvalue weighted by atomic mass is 127. The Morgan fingerprint density at radius 1 is 1.12 bits per heavy atom. The molecule has 0 saturated carbocycles.